The van der Waals surface area contributed by atoms with Crippen molar-refractivity contribution >= 4 is 5.69 Å². The van der Waals surface area contributed by atoms with Crippen LogP contribution in [-0.2, 0) is 17.8 Å². The Hall–Kier alpha value is -1.93. The largest absolute Gasteiger partial charge is 0.379 e. The molecule has 8 heteroatoms. The summed E-state index contributed by atoms with van der Waals surface area (Å²) >= 11 is 0. The molecule has 24 heavy (non-hydrogen) atoms. The Labute approximate surface area is 141 Å². The first-order chi connectivity index (χ1) is 11.9. The zero-order valence-corrected chi connectivity index (χ0v) is 13.9. The minimum Gasteiger partial charge on any atom is -0.379 e. The van der Waals surface area contributed by atoms with E-state index in [2.05, 4.69) is 31.6 Å². The fourth-order valence-corrected chi connectivity index (χ4v) is 3.18. The van der Waals surface area contributed by atoms with Crippen LogP contribution in [0.3, 0.4) is 0 Å². The van der Waals surface area contributed by atoms with Gasteiger partial charge in [-0.2, -0.15) is 10.2 Å². The summed E-state index contributed by atoms with van der Waals surface area (Å²) in [6.07, 6.45) is 9.98. The maximum Gasteiger partial charge on any atom is 0.137 e. The van der Waals surface area contributed by atoms with Gasteiger partial charge in [0.15, 0.2) is 0 Å². The number of hydrogen-bond donors (Lipinski definition) is 1. The van der Waals surface area contributed by atoms with Crippen molar-refractivity contribution in [3.8, 4) is 0 Å². The molecular weight excluding hydrogens is 306 g/mol. The predicted octanol–water partition coefficient (Wildman–Crippen LogP) is 0.698. The Morgan fingerprint density at radius 2 is 2.04 bits per heavy atom. The molecule has 1 unspecified atom stereocenters. The Bertz CT molecular complexity index is 616. The smallest absolute Gasteiger partial charge is 0.137 e. The van der Waals surface area contributed by atoms with Crippen LogP contribution in [0, 0.1) is 5.92 Å². The van der Waals surface area contributed by atoms with Crippen LogP contribution in [0.4, 0.5) is 5.69 Å². The SMILES string of the molecule is c1ncn(CC(Nc2cnn(CCN3CCOCC3)c2)C2CC2)n1. The molecule has 1 aliphatic carbocycles. The van der Waals surface area contributed by atoms with E-state index in [1.165, 1.54) is 12.8 Å². The van der Waals surface area contributed by atoms with Gasteiger partial charge in [0.1, 0.15) is 12.7 Å². The first-order valence-corrected chi connectivity index (χ1v) is 8.78. The molecule has 3 heterocycles. The molecule has 1 aliphatic heterocycles. The van der Waals surface area contributed by atoms with Crippen LogP contribution in [0.2, 0.25) is 0 Å². The van der Waals surface area contributed by atoms with Crippen molar-refractivity contribution in [1.82, 2.24) is 29.4 Å². The van der Waals surface area contributed by atoms with Crippen LogP contribution in [0.1, 0.15) is 12.8 Å². The van der Waals surface area contributed by atoms with E-state index >= 15 is 0 Å². The Morgan fingerprint density at radius 3 is 2.79 bits per heavy atom. The third kappa shape index (κ3) is 4.12. The zero-order chi connectivity index (χ0) is 16.2. The van der Waals surface area contributed by atoms with Gasteiger partial charge in [-0.05, 0) is 18.8 Å². The van der Waals surface area contributed by atoms with Crippen LogP contribution in [0.15, 0.2) is 25.0 Å². The quantitative estimate of drug-likeness (QED) is 0.767. The molecule has 0 spiro atoms. The standard InChI is InChI=1S/C16H25N7O/c1-2-14(1)16(11-23-13-17-12-19-23)20-15-9-18-22(10-15)4-3-21-5-7-24-8-6-21/h9-10,12-14,16,20H,1-8,11H2. The first kappa shape index (κ1) is 15.6. The molecule has 1 N–H and O–H groups in total. The van der Waals surface area contributed by atoms with Gasteiger partial charge in [-0.15, -0.1) is 0 Å². The number of anilines is 1. The number of hydrogen-bond acceptors (Lipinski definition) is 6. The van der Waals surface area contributed by atoms with E-state index < -0.39 is 0 Å². The van der Waals surface area contributed by atoms with Gasteiger partial charge < -0.3 is 10.1 Å². The second kappa shape index (κ2) is 7.31. The summed E-state index contributed by atoms with van der Waals surface area (Å²) in [7, 11) is 0. The average Bonchev–Trinajstić information content (AvgIpc) is 3.15. The van der Waals surface area contributed by atoms with Crippen molar-refractivity contribution in [3.05, 3.63) is 25.0 Å². The number of nitrogens with zero attached hydrogens (tertiary/aromatic N) is 6. The second-order valence-corrected chi connectivity index (χ2v) is 6.65. The highest BCUT2D eigenvalue weighted by Crippen LogP contribution is 2.34. The summed E-state index contributed by atoms with van der Waals surface area (Å²) in [5.41, 5.74) is 1.09. The highest BCUT2D eigenvalue weighted by atomic mass is 16.5. The van der Waals surface area contributed by atoms with E-state index in [0.717, 1.165) is 57.5 Å². The van der Waals surface area contributed by atoms with E-state index in [-0.39, 0.29) is 0 Å². The van der Waals surface area contributed by atoms with Gasteiger partial charge in [-0.25, -0.2) is 4.98 Å². The molecule has 2 aromatic heterocycles. The monoisotopic (exact) mass is 331 g/mol. The minimum atomic E-state index is 0.392. The number of rotatable bonds is 8. The Balaban J connectivity index is 1.30. The van der Waals surface area contributed by atoms with Gasteiger partial charge in [0.2, 0.25) is 0 Å². The molecule has 1 saturated heterocycles. The highest BCUT2D eigenvalue weighted by molar-refractivity contribution is 5.39. The van der Waals surface area contributed by atoms with Crippen LogP contribution in [0.25, 0.3) is 0 Å². The molecule has 2 fully saturated rings. The van der Waals surface area contributed by atoms with E-state index in [1.54, 1.807) is 12.7 Å². The van der Waals surface area contributed by atoms with E-state index in [4.69, 9.17) is 4.74 Å². The molecule has 0 aromatic carbocycles. The van der Waals surface area contributed by atoms with Crippen LogP contribution in [0.5, 0.6) is 0 Å². The molecule has 2 aromatic rings. The summed E-state index contributed by atoms with van der Waals surface area (Å²) in [6.45, 7) is 6.52. The van der Waals surface area contributed by atoms with Gasteiger partial charge >= 0.3 is 0 Å². The number of nitrogens with one attached hydrogen (secondary N) is 1. The summed E-state index contributed by atoms with van der Waals surface area (Å²) in [4.78, 5) is 6.46. The average molecular weight is 331 g/mol. The number of ether oxygens (including phenoxy) is 1. The zero-order valence-electron chi connectivity index (χ0n) is 13.9. The Morgan fingerprint density at radius 1 is 1.17 bits per heavy atom. The summed E-state index contributed by atoms with van der Waals surface area (Å²) in [6, 6.07) is 0.392. The fraction of sp³-hybridized carbons (Fsp3) is 0.688. The third-order valence-electron chi connectivity index (χ3n) is 4.78. The van der Waals surface area contributed by atoms with E-state index in [1.807, 2.05) is 15.6 Å². The molecule has 2 aliphatic rings. The normalized spacial score (nSPS) is 20.2. The van der Waals surface area contributed by atoms with E-state index in [0.29, 0.717) is 6.04 Å². The predicted molar refractivity (Wildman–Crippen MR) is 89.6 cm³/mol. The van der Waals surface area contributed by atoms with Crippen molar-refractivity contribution in [2.75, 3.05) is 38.2 Å². The van der Waals surface area contributed by atoms with Crippen molar-refractivity contribution < 1.29 is 4.74 Å². The van der Waals surface area contributed by atoms with Crippen LogP contribution < -0.4 is 5.32 Å². The molecular formula is C16H25N7O. The lowest BCUT2D eigenvalue weighted by Crippen LogP contribution is -2.38. The second-order valence-electron chi connectivity index (χ2n) is 6.65. The summed E-state index contributed by atoms with van der Waals surface area (Å²) < 4.78 is 9.31. The molecule has 130 valence electrons. The molecule has 8 nitrogen and oxygen atoms in total. The topological polar surface area (TPSA) is 73.0 Å². The minimum absolute atomic E-state index is 0.392. The van der Waals surface area contributed by atoms with Gasteiger partial charge in [-0.1, -0.05) is 0 Å². The molecule has 4 rings (SSSR count). The van der Waals surface area contributed by atoms with Crippen molar-refractivity contribution in [2.24, 2.45) is 5.92 Å². The molecule has 1 saturated carbocycles. The van der Waals surface area contributed by atoms with Gasteiger partial charge in [0, 0.05) is 31.9 Å². The maximum absolute atomic E-state index is 5.39. The van der Waals surface area contributed by atoms with Crippen LogP contribution >= 0.6 is 0 Å². The lowest BCUT2D eigenvalue weighted by atomic mass is 10.2. The lowest BCUT2D eigenvalue weighted by molar-refractivity contribution is 0.0360. The summed E-state index contributed by atoms with van der Waals surface area (Å²) in [5.74, 6) is 0.728. The summed E-state index contributed by atoms with van der Waals surface area (Å²) in [5, 5.41) is 12.3. The molecule has 0 bridgehead atoms. The van der Waals surface area contributed by atoms with Crippen LogP contribution in [-0.4, -0.2) is 68.3 Å². The molecule has 1 atom stereocenters. The first-order valence-electron chi connectivity index (χ1n) is 8.78. The van der Waals surface area contributed by atoms with E-state index in [9.17, 15) is 0 Å². The van der Waals surface area contributed by atoms with Gasteiger partial charge in [0.25, 0.3) is 0 Å². The molecule has 0 radical (unpaired) electrons. The fourth-order valence-electron chi connectivity index (χ4n) is 3.18. The molecule has 0 amide bonds. The number of aromatic nitrogens is 5. The Kier molecular flexibility index (Phi) is 4.75. The number of morpholine rings is 1. The maximum atomic E-state index is 5.39. The van der Waals surface area contributed by atoms with Crippen molar-refractivity contribution in [3.63, 3.8) is 0 Å². The van der Waals surface area contributed by atoms with Gasteiger partial charge in [-0.3, -0.25) is 14.3 Å². The van der Waals surface area contributed by atoms with Crippen molar-refractivity contribution in [2.45, 2.75) is 32.0 Å². The van der Waals surface area contributed by atoms with Gasteiger partial charge in [0.05, 0.1) is 38.2 Å². The highest BCUT2D eigenvalue weighted by Gasteiger charge is 2.31. The lowest BCUT2D eigenvalue weighted by Gasteiger charge is -2.26. The third-order valence-corrected chi connectivity index (χ3v) is 4.78. The van der Waals surface area contributed by atoms with Crippen molar-refractivity contribution in [1.29, 1.82) is 0 Å².